The van der Waals surface area contributed by atoms with Crippen molar-refractivity contribution in [2.45, 2.75) is 19.6 Å². The minimum absolute atomic E-state index is 0.120. The molecule has 0 saturated heterocycles. The van der Waals surface area contributed by atoms with E-state index in [2.05, 4.69) is 19.6 Å². The summed E-state index contributed by atoms with van der Waals surface area (Å²) < 4.78 is 25.8. The van der Waals surface area contributed by atoms with Crippen molar-refractivity contribution >= 4 is 8.80 Å². The molecular formula is C3H9O3ReSi. The zero-order valence-electron chi connectivity index (χ0n) is 5.10. The van der Waals surface area contributed by atoms with Crippen molar-refractivity contribution < 1.29 is 27.0 Å². The van der Waals surface area contributed by atoms with Crippen LogP contribution in [-0.4, -0.2) is 8.80 Å². The molecule has 0 fully saturated rings. The van der Waals surface area contributed by atoms with Crippen LogP contribution in [0, 0.1) is 0 Å². The molecule has 0 bridgehead atoms. The molecule has 0 N–H and O–H groups in total. The SMILES string of the molecule is C[Si](C)C.[O]=[Re](=[O])=[O]. The van der Waals surface area contributed by atoms with Crippen LogP contribution in [0.5, 0.6) is 0 Å². The van der Waals surface area contributed by atoms with E-state index in [1.165, 1.54) is 0 Å². The van der Waals surface area contributed by atoms with E-state index in [9.17, 15) is 0 Å². The Bertz CT molecular complexity index is 112. The number of hydrogen-bond donors (Lipinski definition) is 0. The second-order valence-electron chi connectivity index (χ2n) is 1.69. The molecule has 0 saturated carbocycles. The molecule has 5 heteroatoms. The Balaban J connectivity index is 0. The standard InChI is InChI=1S/C3H9Si.3O.Re/c1-4(2)3;;;;/h1-3H3;;;;. The Morgan fingerprint density at radius 3 is 1.00 bits per heavy atom. The molecule has 0 atom stereocenters. The first-order valence-corrected chi connectivity index (χ1v) is 8.29. The molecule has 50 valence electrons. The maximum absolute atomic E-state index is 8.60. The Morgan fingerprint density at radius 1 is 1.00 bits per heavy atom. The van der Waals surface area contributed by atoms with Crippen molar-refractivity contribution in [2.75, 3.05) is 0 Å². The van der Waals surface area contributed by atoms with Crippen molar-refractivity contribution in [2.24, 2.45) is 0 Å². The molecule has 0 aliphatic rings. The quantitative estimate of drug-likeness (QED) is 0.628. The molecule has 0 aromatic carbocycles. The summed E-state index contributed by atoms with van der Waals surface area (Å²) in [5.41, 5.74) is 0. The van der Waals surface area contributed by atoms with Gasteiger partial charge in [-0.25, -0.2) is 0 Å². The molecule has 3 nitrogen and oxygen atoms in total. The van der Waals surface area contributed by atoms with Crippen LogP contribution in [-0.2, 0) is 27.0 Å². The van der Waals surface area contributed by atoms with Gasteiger partial charge < -0.3 is 0 Å². The molecule has 0 spiro atoms. The van der Waals surface area contributed by atoms with Crippen LogP contribution in [0.15, 0.2) is 0 Å². The summed E-state index contributed by atoms with van der Waals surface area (Å²) in [5, 5.41) is 0. The molecule has 0 aliphatic heterocycles. The van der Waals surface area contributed by atoms with E-state index in [0.717, 1.165) is 0 Å². The van der Waals surface area contributed by atoms with Crippen LogP contribution in [0.4, 0.5) is 0 Å². The van der Waals surface area contributed by atoms with Crippen molar-refractivity contribution in [1.29, 1.82) is 0 Å². The van der Waals surface area contributed by atoms with Crippen LogP contribution in [0.25, 0.3) is 0 Å². The van der Waals surface area contributed by atoms with E-state index in [0.29, 0.717) is 0 Å². The van der Waals surface area contributed by atoms with Gasteiger partial charge in [-0.3, -0.25) is 0 Å². The summed E-state index contributed by atoms with van der Waals surface area (Å²) in [4.78, 5) is 0. The van der Waals surface area contributed by atoms with E-state index in [4.69, 9.17) is 10.4 Å². The molecule has 0 rings (SSSR count). The van der Waals surface area contributed by atoms with Crippen molar-refractivity contribution in [3.63, 3.8) is 0 Å². The minimum atomic E-state index is -4.21. The Morgan fingerprint density at radius 2 is 1.00 bits per heavy atom. The molecule has 0 aromatic rings. The first-order valence-electron chi connectivity index (χ1n) is 1.96. The molecule has 0 aliphatic carbocycles. The summed E-state index contributed by atoms with van der Waals surface area (Å²) in [7, 11) is 0.120. The van der Waals surface area contributed by atoms with E-state index in [1.807, 2.05) is 0 Å². The predicted molar refractivity (Wildman–Crippen MR) is 25.4 cm³/mol. The Labute approximate surface area is 55.9 Å². The predicted octanol–water partition coefficient (Wildman–Crippen LogP) is 1.01. The molecule has 8 heavy (non-hydrogen) atoms. The topological polar surface area (TPSA) is 51.2 Å². The van der Waals surface area contributed by atoms with Gasteiger partial charge in [0.1, 0.15) is 0 Å². The monoisotopic (exact) mass is 308 g/mol. The van der Waals surface area contributed by atoms with Gasteiger partial charge in [0.2, 0.25) is 0 Å². The fraction of sp³-hybridized carbons (Fsp3) is 1.00. The molecule has 0 heterocycles. The van der Waals surface area contributed by atoms with Gasteiger partial charge in [-0.15, -0.1) is 0 Å². The average Bonchev–Trinajstić information content (AvgIpc) is 1.25. The van der Waals surface area contributed by atoms with Gasteiger partial charge in [0.25, 0.3) is 0 Å². The summed E-state index contributed by atoms with van der Waals surface area (Å²) in [6.45, 7) is 6.81. The first kappa shape index (κ1) is 11.1. The van der Waals surface area contributed by atoms with Crippen LogP contribution in [0.1, 0.15) is 0 Å². The number of hydrogen-bond acceptors (Lipinski definition) is 3. The van der Waals surface area contributed by atoms with Crippen LogP contribution in [0.3, 0.4) is 0 Å². The summed E-state index contributed by atoms with van der Waals surface area (Å²) in [6.07, 6.45) is 0. The second-order valence-corrected chi connectivity index (χ2v) is 6.05. The third-order valence-electron chi connectivity index (χ3n) is 0. The summed E-state index contributed by atoms with van der Waals surface area (Å²) >= 11 is -4.21. The second kappa shape index (κ2) is 7.28. The third-order valence-corrected chi connectivity index (χ3v) is 0. The first-order chi connectivity index (χ1) is 3.46. The zero-order valence-corrected chi connectivity index (χ0v) is 8.82. The van der Waals surface area contributed by atoms with E-state index in [-0.39, 0.29) is 8.80 Å². The van der Waals surface area contributed by atoms with E-state index < -0.39 is 16.6 Å². The van der Waals surface area contributed by atoms with Gasteiger partial charge in [-0.2, -0.15) is 0 Å². The van der Waals surface area contributed by atoms with Gasteiger partial charge in [-0.05, 0) is 0 Å². The molecule has 0 aromatic heterocycles. The van der Waals surface area contributed by atoms with Gasteiger partial charge in [0, 0.05) is 8.80 Å². The summed E-state index contributed by atoms with van der Waals surface area (Å²) in [6, 6.07) is 0. The Hall–Kier alpha value is 0.279. The number of rotatable bonds is 0. The fourth-order valence-corrected chi connectivity index (χ4v) is 0. The summed E-state index contributed by atoms with van der Waals surface area (Å²) in [5.74, 6) is 0. The van der Waals surface area contributed by atoms with Gasteiger partial charge >= 0.3 is 27.0 Å². The van der Waals surface area contributed by atoms with Crippen molar-refractivity contribution in [3.05, 3.63) is 0 Å². The molecule has 0 amide bonds. The van der Waals surface area contributed by atoms with Crippen molar-refractivity contribution in [3.8, 4) is 0 Å². The third kappa shape index (κ3) is 2240. The van der Waals surface area contributed by atoms with Gasteiger partial charge in [0.05, 0.1) is 0 Å². The van der Waals surface area contributed by atoms with Gasteiger partial charge in [0.15, 0.2) is 0 Å². The maximum atomic E-state index is 8.60. The Kier molecular flexibility index (Phi) is 10.1. The van der Waals surface area contributed by atoms with E-state index >= 15 is 0 Å². The van der Waals surface area contributed by atoms with Crippen LogP contribution < -0.4 is 0 Å². The van der Waals surface area contributed by atoms with Gasteiger partial charge in [-0.1, -0.05) is 19.6 Å². The van der Waals surface area contributed by atoms with Crippen LogP contribution >= 0.6 is 0 Å². The molecular weight excluding hydrogens is 298 g/mol. The van der Waals surface area contributed by atoms with Crippen LogP contribution in [0.2, 0.25) is 19.6 Å². The fourth-order valence-electron chi connectivity index (χ4n) is 0. The molecule has 0 unspecified atom stereocenters. The van der Waals surface area contributed by atoms with Crippen molar-refractivity contribution in [1.82, 2.24) is 0 Å². The van der Waals surface area contributed by atoms with E-state index in [1.54, 1.807) is 0 Å². The molecule has 1 radical (unpaired) electrons. The zero-order chi connectivity index (χ0) is 7.15. The normalized spacial score (nSPS) is 7.50. The average molecular weight is 307 g/mol.